The number of rotatable bonds is 6. The second-order valence-electron chi connectivity index (χ2n) is 12.9. The van der Waals surface area contributed by atoms with E-state index in [4.69, 9.17) is 19.9 Å². The minimum Gasteiger partial charge on any atom is -0.256 e. The lowest BCUT2D eigenvalue weighted by Gasteiger charge is -2.16. The van der Waals surface area contributed by atoms with Gasteiger partial charge in [0.25, 0.3) is 0 Å². The normalized spacial score (nSPS) is 11.5. The first kappa shape index (κ1) is 29.8. The van der Waals surface area contributed by atoms with E-state index in [1.54, 1.807) is 0 Å². The molecule has 52 heavy (non-hydrogen) atoms. The van der Waals surface area contributed by atoms with Crippen LogP contribution in [0.1, 0.15) is 0 Å². The zero-order chi connectivity index (χ0) is 34.4. The third-order valence-corrected chi connectivity index (χ3v) is 9.82. The van der Waals surface area contributed by atoms with Crippen LogP contribution in [0, 0.1) is 0 Å². The molecule has 0 unspecified atom stereocenters. The summed E-state index contributed by atoms with van der Waals surface area (Å²) in [4.78, 5) is 24.7. The Morgan fingerprint density at radius 3 is 1.46 bits per heavy atom. The molecule has 0 aliphatic rings. The van der Waals surface area contributed by atoms with Crippen molar-refractivity contribution in [2.24, 2.45) is 0 Å². The molecular weight excluding hydrogens is 635 g/mol. The summed E-state index contributed by atoms with van der Waals surface area (Å²) in [6.45, 7) is 0. The summed E-state index contributed by atoms with van der Waals surface area (Å²) in [6.07, 6.45) is 3.72. The molecule has 0 N–H and O–H groups in total. The molecule has 3 aromatic heterocycles. The predicted molar refractivity (Wildman–Crippen MR) is 212 cm³/mol. The minimum absolute atomic E-state index is 0.636. The molecule has 0 aliphatic heterocycles. The molecule has 0 spiro atoms. The van der Waals surface area contributed by atoms with Gasteiger partial charge in [-0.1, -0.05) is 133 Å². The predicted octanol–water partition coefficient (Wildman–Crippen LogP) is 11.6. The highest BCUT2D eigenvalue weighted by Gasteiger charge is 2.19. The molecule has 0 aliphatic carbocycles. The summed E-state index contributed by atoms with van der Waals surface area (Å²) in [5, 5.41) is 7.00. The van der Waals surface area contributed by atoms with E-state index in [0.29, 0.717) is 17.5 Å². The Hall–Kier alpha value is -7.11. The van der Waals surface area contributed by atoms with Crippen LogP contribution in [0.15, 0.2) is 176 Å². The third-order valence-electron chi connectivity index (χ3n) is 9.82. The summed E-state index contributed by atoms with van der Waals surface area (Å²) in [6, 6.07) is 56.6. The van der Waals surface area contributed by atoms with Gasteiger partial charge in [-0.05, 0) is 73.8 Å². The van der Waals surface area contributed by atoms with E-state index in [1.165, 1.54) is 27.1 Å². The van der Waals surface area contributed by atoms with Crippen LogP contribution in [0.5, 0.6) is 0 Å². The van der Waals surface area contributed by atoms with Gasteiger partial charge in [0.05, 0.1) is 11.4 Å². The number of benzene rings is 7. The van der Waals surface area contributed by atoms with Crippen LogP contribution in [0.25, 0.3) is 100 Å². The summed E-state index contributed by atoms with van der Waals surface area (Å²) in [5.41, 5.74) is 9.07. The SMILES string of the molecule is c1ccc(-c2ccc(-c3nc(-c4ccccc4)nc(-c4ccc5ccc6c(-c7ccc(-c8ccccn8)cn7)ccc7ccc4c5c76)n3)cc2)cc1. The lowest BCUT2D eigenvalue weighted by atomic mass is 9.89. The van der Waals surface area contributed by atoms with E-state index >= 15 is 0 Å². The number of hydrogen-bond acceptors (Lipinski definition) is 5. The molecule has 0 saturated carbocycles. The molecule has 7 aromatic carbocycles. The molecule has 0 saturated heterocycles. The molecule has 5 nitrogen and oxygen atoms in total. The highest BCUT2D eigenvalue weighted by atomic mass is 15.0. The van der Waals surface area contributed by atoms with Crippen molar-refractivity contribution in [2.45, 2.75) is 0 Å². The van der Waals surface area contributed by atoms with Gasteiger partial charge in [0.2, 0.25) is 0 Å². The van der Waals surface area contributed by atoms with Crippen LogP contribution in [-0.4, -0.2) is 24.9 Å². The first-order valence-electron chi connectivity index (χ1n) is 17.3. The Morgan fingerprint density at radius 1 is 0.308 bits per heavy atom. The van der Waals surface area contributed by atoms with Gasteiger partial charge >= 0.3 is 0 Å². The van der Waals surface area contributed by atoms with Crippen molar-refractivity contribution in [3.05, 3.63) is 176 Å². The molecule has 10 aromatic rings. The van der Waals surface area contributed by atoms with Crippen molar-refractivity contribution in [1.82, 2.24) is 24.9 Å². The van der Waals surface area contributed by atoms with Gasteiger partial charge in [-0.2, -0.15) is 0 Å². The van der Waals surface area contributed by atoms with E-state index in [2.05, 4.69) is 114 Å². The Bertz CT molecular complexity index is 2860. The standard InChI is InChI=1S/C47H29N5/c1-3-9-30(10-4-1)31-14-16-35(17-15-31)46-50-45(34-11-5-2-6-12-34)51-47(52-46)40-26-21-33-19-24-38-37(23-18-32-20-25-39(40)44(33)43(32)38)42-27-22-36(29-49-42)41-13-7-8-28-48-41/h1-29H. The molecule has 0 atom stereocenters. The maximum Gasteiger partial charge on any atom is 0.164 e. The fourth-order valence-electron chi connectivity index (χ4n) is 7.24. The van der Waals surface area contributed by atoms with E-state index < -0.39 is 0 Å². The fraction of sp³-hybridized carbons (Fsp3) is 0. The summed E-state index contributed by atoms with van der Waals surface area (Å²) < 4.78 is 0. The van der Waals surface area contributed by atoms with Crippen LogP contribution in [0.3, 0.4) is 0 Å². The van der Waals surface area contributed by atoms with Crippen molar-refractivity contribution in [3.8, 4) is 67.8 Å². The molecule has 10 rings (SSSR count). The number of pyridine rings is 2. The van der Waals surface area contributed by atoms with Crippen LogP contribution < -0.4 is 0 Å². The summed E-state index contributed by atoms with van der Waals surface area (Å²) >= 11 is 0. The maximum atomic E-state index is 5.15. The van der Waals surface area contributed by atoms with Gasteiger partial charge < -0.3 is 0 Å². The van der Waals surface area contributed by atoms with E-state index in [9.17, 15) is 0 Å². The summed E-state index contributed by atoms with van der Waals surface area (Å²) in [5.74, 6) is 1.92. The first-order valence-corrected chi connectivity index (χ1v) is 17.3. The van der Waals surface area contributed by atoms with Crippen molar-refractivity contribution in [1.29, 1.82) is 0 Å². The largest absolute Gasteiger partial charge is 0.256 e. The van der Waals surface area contributed by atoms with Crippen LogP contribution in [-0.2, 0) is 0 Å². The quantitative estimate of drug-likeness (QED) is 0.166. The topological polar surface area (TPSA) is 64.5 Å². The third kappa shape index (κ3) is 5.15. The van der Waals surface area contributed by atoms with Crippen molar-refractivity contribution < 1.29 is 0 Å². The monoisotopic (exact) mass is 663 g/mol. The van der Waals surface area contributed by atoms with Crippen LogP contribution in [0.2, 0.25) is 0 Å². The van der Waals surface area contributed by atoms with E-state index in [1.807, 2.05) is 67.0 Å². The van der Waals surface area contributed by atoms with E-state index in [0.717, 1.165) is 55.5 Å². The number of hydrogen-bond donors (Lipinski definition) is 0. The zero-order valence-electron chi connectivity index (χ0n) is 28.0. The van der Waals surface area contributed by atoms with Gasteiger partial charge in [0.15, 0.2) is 17.5 Å². The van der Waals surface area contributed by atoms with Gasteiger partial charge in [0, 0.05) is 40.2 Å². The van der Waals surface area contributed by atoms with Crippen molar-refractivity contribution in [3.63, 3.8) is 0 Å². The Morgan fingerprint density at radius 2 is 0.827 bits per heavy atom. The maximum absolute atomic E-state index is 5.15. The number of aromatic nitrogens is 5. The molecule has 3 heterocycles. The Balaban J connectivity index is 1.13. The lowest BCUT2D eigenvalue weighted by molar-refractivity contribution is 1.08. The highest BCUT2D eigenvalue weighted by molar-refractivity contribution is 6.27. The molecular formula is C47H29N5. The average Bonchev–Trinajstić information content (AvgIpc) is 3.23. The van der Waals surface area contributed by atoms with Crippen molar-refractivity contribution in [2.75, 3.05) is 0 Å². The van der Waals surface area contributed by atoms with Crippen molar-refractivity contribution >= 4 is 32.3 Å². The average molecular weight is 664 g/mol. The number of nitrogens with zero attached hydrogens (tertiary/aromatic N) is 5. The van der Waals surface area contributed by atoms with Crippen LogP contribution >= 0.6 is 0 Å². The molecule has 0 bridgehead atoms. The smallest absolute Gasteiger partial charge is 0.164 e. The van der Waals surface area contributed by atoms with E-state index in [-0.39, 0.29) is 0 Å². The molecule has 0 amide bonds. The second kappa shape index (κ2) is 12.3. The first-order chi connectivity index (χ1) is 25.8. The fourth-order valence-corrected chi connectivity index (χ4v) is 7.24. The lowest BCUT2D eigenvalue weighted by Crippen LogP contribution is -2.01. The van der Waals surface area contributed by atoms with Gasteiger partial charge in [-0.25, -0.2) is 15.0 Å². The molecule has 0 radical (unpaired) electrons. The second-order valence-corrected chi connectivity index (χ2v) is 12.9. The summed E-state index contributed by atoms with van der Waals surface area (Å²) in [7, 11) is 0. The van der Waals surface area contributed by atoms with Gasteiger partial charge in [0.1, 0.15) is 0 Å². The van der Waals surface area contributed by atoms with Crippen LogP contribution in [0.4, 0.5) is 0 Å². The van der Waals surface area contributed by atoms with Gasteiger partial charge in [-0.15, -0.1) is 0 Å². The zero-order valence-corrected chi connectivity index (χ0v) is 28.0. The highest BCUT2D eigenvalue weighted by Crippen LogP contribution is 2.42. The molecule has 5 heteroatoms. The molecule has 242 valence electrons. The minimum atomic E-state index is 0.636. The molecule has 0 fully saturated rings. The Labute approximate surface area is 300 Å². The van der Waals surface area contributed by atoms with Gasteiger partial charge in [-0.3, -0.25) is 9.97 Å². The Kier molecular flexibility index (Phi) is 7.07.